The first-order valence-corrected chi connectivity index (χ1v) is 9.60. The molecule has 0 aromatic carbocycles. The minimum absolute atomic E-state index is 0.0165. The first-order chi connectivity index (χ1) is 11.3. The molecule has 5 nitrogen and oxygen atoms in total. The van der Waals surface area contributed by atoms with Crippen LogP contribution in [0.4, 0.5) is 0 Å². The van der Waals surface area contributed by atoms with Crippen molar-refractivity contribution in [2.75, 3.05) is 0 Å². The van der Waals surface area contributed by atoms with Crippen molar-refractivity contribution in [1.29, 1.82) is 0 Å². The van der Waals surface area contributed by atoms with Gasteiger partial charge >= 0.3 is 0 Å². The molecule has 0 radical (unpaired) electrons. The topological polar surface area (TPSA) is 79.3 Å². The highest BCUT2D eigenvalue weighted by molar-refractivity contribution is 7.15. The molecule has 4 fully saturated rings. The molecule has 2 N–H and O–H groups in total. The molecular formula is C18H24N2O3S. The molecule has 4 aliphatic carbocycles. The third-order valence-electron chi connectivity index (χ3n) is 6.37. The third kappa shape index (κ3) is 2.60. The van der Waals surface area contributed by atoms with Crippen molar-refractivity contribution < 1.29 is 14.7 Å². The van der Waals surface area contributed by atoms with Crippen LogP contribution in [0.3, 0.4) is 0 Å². The normalized spacial score (nSPS) is 38.1. The van der Waals surface area contributed by atoms with E-state index in [1.807, 2.05) is 0 Å². The molecule has 4 saturated carbocycles. The quantitative estimate of drug-likeness (QED) is 0.820. The maximum absolute atomic E-state index is 12.5. The summed E-state index contributed by atoms with van der Waals surface area (Å²) in [5.74, 6) is 0.928. The molecule has 1 heterocycles. The van der Waals surface area contributed by atoms with E-state index >= 15 is 0 Å². The summed E-state index contributed by atoms with van der Waals surface area (Å²) in [5, 5.41) is 14.4. The summed E-state index contributed by atoms with van der Waals surface area (Å²) in [4.78, 5) is 28.4. The Labute approximate surface area is 145 Å². The molecule has 24 heavy (non-hydrogen) atoms. The lowest BCUT2D eigenvalue weighted by Crippen LogP contribution is -2.61. The number of ketones is 1. The minimum atomic E-state index is -0.518. The van der Waals surface area contributed by atoms with E-state index in [1.165, 1.54) is 19.5 Å². The van der Waals surface area contributed by atoms with Gasteiger partial charge in [0.25, 0.3) is 5.91 Å². The Morgan fingerprint density at radius 1 is 1.33 bits per heavy atom. The number of Topliss-reactive ketones (excluding diaryl/α,β-unsaturated/α-hetero) is 1. The van der Waals surface area contributed by atoms with E-state index < -0.39 is 5.60 Å². The van der Waals surface area contributed by atoms with Gasteiger partial charge in [0.2, 0.25) is 0 Å². The highest BCUT2D eigenvalue weighted by atomic mass is 32.1. The van der Waals surface area contributed by atoms with Gasteiger partial charge in [-0.05, 0) is 62.7 Å². The van der Waals surface area contributed by atoms with E-state index in [1.54, 1.807) is 0 Å². The molecular weight excluding hydrogens is 324 g/mol. The number of nitrogens with zero attached hydrogens (tertiary/aromatic N) is 1. The summed E-state index contributed by atoms with van der Waals surface area (Å²) in [6, 6.07) is 0.0188. The predicted molar refractivity (Wildman–Crippen MR) is 91.1 cm³/mol. The molecule has 1 aromatic rings. The standard InChI is InChI=1S/C18H24N2O3S/c1-10(21)16-19-8-14(24-16)15(22)20-11(2)17-4-12-3-13(5-17)7-18(23,6-12)9-17/h8,11-13,23H,3-7,9H2,1-2H3,(H,20,22)/t11-,12+,13+,17?,18?/m0/s1. The molecule has 0 unspecified atom stereocenters. The fraction of sp³-hybridized carbons (Fsp3) is 0.722. The van der Waals surface area contributed by atoms with Crippen molar-refractivity contribution in [3.63, 3.8) is 0 Å². The summed E-state index contributed by atoms with van der Waals surface area (Å²) < 4.78 is 0. The zero-order valence-electron chi connectivity index (χ0n) is 14.2. The maximum Gasteiger partial charge on any atom is 0.263 e. The van der Waals surface area contributed by atoms with Gasteiger partial charge in [0.15, 0.2) is 10.8 Å². The van der Waals surface area contributed by atoms with Crippen LogP contribution in [0.1, 0.15) is 71.8 Å². The average Bonchev–Trinajstić information content (AvgIpc) is 2.94. The number of carbonyl (C=O) groups excluding carboxylic acids is 2. The zero-order chi connectivity index (χ0) is 17.1. The summed E-state index contributed by atoms with van der Waals surface area (Å²) in [7, 11) is 0. The van der Waals surface area contributed by atoms with Crippen molar-refractivity contribution in [2.24, 2.45) is 17.3 Å². The summed E-state index contributed by atoms with van der Waals surface area (Å²) >= 11 is 1.15. The van der Waals surface area contributed by atoms with Crippen LogP contribution >= 0.6 is 11.3 Å². The second kappa shape index (κ2) is 5.36. The smallest absolute Gasteiger partial charge is 0.263 e. The van der Waals surface area contributed by atoms with Crippen molar-refractivity contribution in [2.45, 2.75) is 64.0 Å². The predicted octanol–water partition coefficient (Wildman–Crippen LogP) is 2.80. The van der Waals surface area contributed by atoms with Crippen LogP contribution in [0.15, 0.2) is 6.20 Å². The SMILES string of the molecule is CC(=O)c1ncc(C(=O)N[C@@H](C)C23C[C@H]4C[C@@H](CC(O)(C4)C2)C3)s1. The summed E-state index contributed by atoms with van der Waals surface area (Å²) in [6.07, 6.45) is 7.60. The Morgan fingerprint density at radius 3 is 2.54 bits per heavy atom. The molecule has 6 heteroatoms. The van der Waals surface area contributed by atoms with E-state index in [0.717, 1.165) is 43.4 Å². The van der Waals surface area contributed by atoms with Crippen molar-refractivity contribution in [1.82, 2.24) is 10.3 Å². The molecule has 1 aromatic heterocycles. The number of hydrogen-bond acceptors (Lipinski definition) is 5. The van der Waals surface area contributed by atoms with Crippen LogP contribution in [0.25, 0.3) is 0 Å². The fourth-order valence-corrected chi connectivity index (χ4v) is 6.47. The van der Waals surface area contributed by atoms with Crippen LogP contribution in [0.2, 0.25) is 0 Å². The highest BCUT2D eigenvalue weighted by Gasteiger charge is 2.59. The minimum Gasteiger partial charge on any atom is -0.390 e. The second-order valence-electron chi connectivity index (χ2n) is 8.33. The van der Waals surface area contributed by atoms with Crippen molar-refractivity contribution in [3.8, 4) is 0 Å². The van der Waals surface area contributed by atoms with Crippen molar-refractivity contribution >= 4 is 23.0 Å². The first-order valence-electron chi connectivity index (χ1n) is 8.79. The average molecular weight is 348 g/mol. The monoisotopic (exact) mass is 348 g/mol. The van der Waals surface area contributed by atoms with Gasteiger partial charge in [-0.25, -0.2) is 4.98 Å². The molecule has 3 atom stereocenters. The van der Waals surface area contributed by atoms with Crippen LogP contribution in [0, 0.1) is 17.3 Å². The Bertz CT molecular complexity index is 684. The molecule has 4 aliphatic rings. The lowest BCUT2D eigenvalue weighted by atomic mass is 9.46. The molecule has 5 rings (SSSR count). The maximum atomic E-state index is 12.5. The number of aliphatic hydroxyl groups is 1. The Kier molecular flexibility index (Phi) is 3.62. The van der Waals surface area contributed by atoms with Crippen LogP contribution < -0.4 is 5.32 Å². The third-order valence-corrected chi connectivity index (χ3v) is 7.47. The largest absolute Gasteiger partial charge is 0.390 e. The fourth-order valence-electron chi connectivity index (χ4n) is 5.75. The van der Waals surface area contributed by atoms with Gasteiger partial charge in [-0.2, -0.15) is 0 Å². The van der Waals surface area contributed by atoms with Crippen LogP contribution in [-0.4, -0.2) is 33.4 Å². The summed E-state index contributed by atoms with van der Waals surface area (Å²) in [6.45, 7) is 3.53. The lowest BCUT2D eigenvalue weighted by Gasteiger charge is -2.62. The number of amides is 1. The van der Waals surface area contributed by atoms with Gasteiger partial charge in [-0.1, -0.05) is 0 Å². The molecule has 0 saturated heterocycles. The Balaban J connectivity index is 1.50. The molecule has 1 amide bonds. The van der Waals surface area contributed by atoms with Gasteiger partial charge in [-0.3, -0.25) is 9.59 Å². The highest BCUT2D eigenvalue weighted by Crippen LogP contribution is 2.62. The molecule has 130 valence electrons. The van der Waals surface area contributed by atoms with Crippen molar-refractivity contribution in [3.05, 3.63) is 16.1 Å². The van der Waals surface area contributed by atoms with E-state index in [9.17, 15) is 14.7 Å². The van der Waals surface area contributed by atoms with E-state index in [2.05, 4.69) is 17.2 Å². The Morgan fingerprint density at radius 2 is 2.00 bits per heavy atom. The molecule has 0 aliphatic heterocycles. The molecule has 0 spiro atoms. The second-order valence-corrected chi connectivity index (χ2v) is 9.36. The van der Waals surface area contributed by atoms with Gasteiger partial charge in [0, 0.05) is 13.0 Å². The number of nitrogens with one attached hydrogen (secondary N) is 1. The lowest BCUT2D eigenvalue weighted by molar-refractivity contribution is -0.171. The number of thiazole rings is 1. The van der Waals surface area contributed by atoms with Gasteiger partial charge in [-0.15, -0.1) is 11.3 Å². The number of hydrogen-bond donors (Lipinski definition) is 2. The van der Waals surface area contributed by atoms with E-state index in [0.29, 0.717) is 21.7 Å². The molecule has 4 bridgehead atoms. The first kappa shape index (κ1) is 16.2. The van der Waals surface area contributed by atoms with Crippen LogP contribution in [-0.2, 0) is 0 Å². The van der Waals surface area contributed by atoms with E-state index in [4.69, 9.17) is 0 Å². The van der Waals surface area contributed by atoms with Gasteiger partial charge in [0.05, 0.1) is 11.8 Å². The van der Waals surface area contributed by atoms with Crippen LogP contribution in [0.5, 0.6) is 0 Å². The summed E-state index contributed by atoms with van der Waals surface area (Å²) in [5.41, 5.74) is -0.502. The van der Waals surface area contributed by atoms with E-state index in [-0.39, 0.29) is 23.1 Å². The number of aromatic nitrogens is 1. The van der Waals surface area contributed by atoms with Gasteiger partial charge < -0.3 is 10.4 Å². The number of carbonyl (C=O) groups is 2. The number of rotatable bonds is 4. The zero-order valence-corrected chi connectivity index (χ0v) is 15.0. The Hall–Kier alpha value is -1.27. The van der Waals surface area contributed by atoms with Gasteiger partial charge in [0.1, 0.15) is 4.88 Å².